The normalized spacial score (nSPS) is 21.4. The number of hydrogen-bond donors (Lipinski definition) is 2. The monoisotopic (exact) mass is 180 g/mol. The summed E-state index contributed by atoms with van der Waals surface area (Å²) < 4.78 is 0. The lowest BCUT2D eigenvalue weighted by molar-refractivity contribution is -0.115. The van der Waals surface area contributed by atoms with Gasteiger partial charge in [0, 0.05) is 4.90 Å². The van der Waals surface area contributed by atoms with Gasteiger partial charge in [-0.1, -0.05) is 23.9 Å². The molecule has 12 heavy (non-hydrogen) atoms. The first-order chi connectivity index (χ1) is 5.77. The Bertz CT molecular complexity index is 327. The third-order valence-corrected chi connectivity index (χ3v) is 2.74. The fourth-order valence-electron chi connectivity index (χ4n) is 1.07. The number of benzene rings is 1. The summed E-state index contributed by atoms with van der Waals surface area (Å²) in [6.07, 6.45) is 0. The number of nitrogens with two attached hydrogens (primary N) is 1. The number of thioether (sulfide) groups is 1. The number of hydrogen-bond acceptors (Lipinski definition) is 3. The molecule has 1 aromatic rings. The van der Waals surface area contributed by atoms with Gasteiger partial charge >= 0.3 is 0 Å². The average Bonchev–Trinajstić information content (AvgIpc) is 2.07. The quantitative estimate of drug-likeness (QED) is 0.626. The van der Waals surface area contributed by atoms with Gasteiger partial charge in [-0.05, 0) is 12.1 Å². The zero-order valence-corrected chi connectivity index (χ0v) is 7.10. The molecule has 1 atom stereocenters. The predicted molar refractivity (Wildman–Crippen MR) is 48.9 cm³/mol. The molecule has 1 aromatic carbocycles. The van der Waals surface area contributed by atoms with Crippen LogP contribution in [0.2, 0.25) is 0 Å². The molecule has 1 unspecified atom stereocenters. The van der Waals surface area contributed by atoms with Crippen LogP contribution in [0.4, 0.5) is 5.69 Å². The van der Waals surface area contributed by atoms with E-state index in [1.54, 1.807) is 0 Å². The Balaban J connectivity index is 2.40. The van der Waals surface area contributed by atoms with Crippen LogP contribution in [-0.4, -0.2) is 11.3 Å². The van der Waals surface area contributed by atoms with Crippen molar-refractivity contribution in [2.45, 2.75) is 10.3 Å². The van der Waals surface area contributed by atoms with Gasteiger partial charge in [0.2, 0.25) is 0 Å². The molecule has 0 aliphatic carbocycles. The van der Waals surface area contributed by atoms with Crippen molar-refractivity contribution >= 4 is 23.4 Å². The summed E-state index contributed by atoms with van der Waals surface area (Å²) in [5.41, 5.74) is 6.40. The highest BCUT2D eigenvalue weighted by atomic mass is 32.2. The first kappa shape index (κ1) is 7.64. The third-order valence-electron chi connectivity index (χ3n) is 1.66. The number of fused-ring (bicyclic) bond motifs is 1. The van der Waals surface area contributed by atoms with Crippen molar-refractivity contribution in [2.75, 3.05) is 5.32 Å². The molecule has 0 saturated heterocycles. The van der Waals surface area contributed by atoms with Gasteiger partial charge in [-0.15, -0.1) is 0 Å². The van der Waals surface area contributed by atoms with E-state index < -0.39 is 5.37 Å². The molecule has 3 N–H and O–H groups in total. The number of anilines is 1. The molecule has 0 bridgehead atoms. The lowest BCUT2D eigenvalue weighted by atomic mass is 10.3. The molecule has 0 radical (unpaired) electrons. The highest BCUT2D eigenvalue weighted by Gasteiger charge is 2.22. The zero-order valence-electron chi connectivity index (χ0n) is 6.28. The Labute approximate surface area is 74.3 Å². The Morgan fingerprint density at radius 2 is 2.17 bits per heavy atom. The first-order valence-corrected chi connectivity index (χ1v) is 4.47. The van der Waals surface area contributed by atoms with Crippen LogP contribution in [0.1, 0.15) is 0 Å². The van der Waals surface area contributed by atoms with Gasteiger partial charge in [0.25, 0.3) is 5.91 Å². The van der Waals surface area contributed by atoms with Gasteiger partial charge in [-0.2, -0.15) is 0 Å². The molecule has 4 heteroatoms. The van der Waals surface area contributed by atoms with E-state index >= 15 is 0 Å². The van der Waals surface area contributed by atoms with Crippen molar-refractivity contribution in [2.24, 2.45) is 5.73 Å². The maximum Gasteiger partial charge on any atom is 0.252 e. The molecule has 0 saturated carbocycles. The van der Waals surface area contributed by atoms with Crippen LogP contribution in [0.15, 0.2) is 29.2 Å². The van der Waals surface area contributed by atoms with Crippen LogP contribution in [0, 0.1) is 0 Å². The Morgan fingerprint density at radius 1 is 1.42 bits per heavy atom. The third kappa shape index (κ3) is 1.19. The SMILES string of the molecule is NC1Sc2ccccc2NC1=O. The van der Waals surface area contributed by atoms with Gasteiger partial charge in [0.05, 0.1) is 5.69 Å². The lowest BCUT2D eigenvalue weighted by Gasteiger charge is -2.20. The van der Waals surface area contributed by atoms with E-state index in [0.717, 1.165) is 10.6 Å². The second kappa shape index (κ2) is 2.80. The van der Waals surface area contributed by atoms with Crippen molar-refractivity contribution < 1.29 is 4.79 Å². The number of carbonyl (C=O) groups is 1. The molecule has 0 fully saturated rings. The minimum atomic E-state index is -0.472. The van der Waals surface area contributed by atoms with E-state index in [4.69, 9.17) is 5.73 Å². The summed E-state index contributed by atoms with van der Waals surface area (Å²) in [6.45, 7) is 0. The van der Waals surface area contributed by atoms with Crippen molar-refractivity contribution in [1.82, 2.24) is 0 Å². The maximum atomic E-state index is 11.1. The Kier molecular flexibility index (Phi) is 1.78. The van der Waals surface area contributed by atoms with Gasteiger partial charge in [-0.3, -0.25) is 4.79 Å². The molecule has 62 valence electrons. The Morgan fingerprint density at radius 3 is 3.00 bits per heavy atom. The summed E-state index contributed by atoms with van der Waals surface area (Å²) in [7, 11) is 0. The smallest absolute Gasteiger partial charge is 0.252 e. The minimum Gasteiger partial charge on any atom is -0.323 e. The highest BCUT2D eigenvalue weighted by molar-refractivity contribution is 8.00. The highest BCUT2D eigenvalue weighted by Crippen LogP contribution is 2.32. The van der Waals surface area contributed by atoms with Crippen LogP contribution in [0.3, 0.4) is 0 Å². The fraction of sp³-hybridized carbons (Fsp3) is 0.125. The van der Waals surface area contributed by atoms with E-state index in [-0.39, 0.29) is 5.91 Å². The van der Waals surface area contributed by atoms with Gasteiger partial charge < -0.3 is 11.1 Å². The molecule has 1 heterocycles. The molecular weight excluding hydrogens is 172 g/mol. The molecular formula is C8H8N2OS. The summed E-state index contributed by atoms with van der Waals surface area (Å²) in [5.74, 6) is -0.126. The summed E-state index contributed by atoms with van der Waals surface area (Å²) in [5, 5.41) is 2.25. The molecule has 2 rings (SSSR count). The average molecular weight is 180 g/mol. The molecule has 0 aromatic heterocycles. The first-order valence-electron chi connectivity index (χ1n) is 3.59. The maximum absolute atomic E-state index is 11.1. The van der Waals surface area contributed by atoms with Crippen LogP contribution in [0.5, 0.6) is 0 Å². The van der Waals surface area contributed by atoms with Crippen molar-refractivity contribution in [3.05, 3.63) is 24.3 Å². The molecule has 1 aliphatic heterocycles. The second-order valence-electron chi connectivity index (χ2n) is 2.52. The lowest BCUT2D eigenvalue weighted by Crippen LogP contribution is -2.35. The summed E-state index contributed by atoms with van der Waals surface area (Å²) in [6, 6.07) is 7.62. The van der Waals surface area contributed by atoms with Crippen LogP contribution in [0.25, 0.3) is 0 Å². The molecule has 3 nitrogen and oxygen atoms in total. The predicted octanol–water partition coefficient (Wildman–Crippen LogP) is 1.02. The number of rotatable bonds is 0. The van der Waals surface area contributed by atoms with Crippen molar-refractivity contribution in [3.8, 4) is 0 Å². The van der Waals surface area contributed by atoms with Crippen molar-refractivity contribution in [3.63, 3.8) is 0 Å². The van der Waals surface area contributed by atoms with Gasteiger partial charge in [0.1, 0.15) is 5.37 Å². The zero-order chi connectivity index (χ0) is 8.55. The van der Waals surface area contributed by atoms with Crippen LogP contribution in [-0.2, 0) is 4.79 Å². The van der Waals surface area contributed by atoms with Gasteiger partial charge in [-0.25, -0.2) is 0 Å². The number of para-hydroxylation sites is 1. The van der Waals surface area contributed by atoms with Gasteiger partial charge in [0.15, 0.2) is 0 Å². The van der Waals surface area contributed by atoms with E-state index in [1.165, 1.54) is 11.8 Å². The largest absolute Gasteiger partial charge is 0.323 e. The van der Waals surface area contributed by atoms with Crippen molar-refractivity contribution in [1.29, 1.82) is 0 Å². The molecule has 1 amide bonds. The standard InChI is InChI=1S/C8H8N2OS/c9-7-8(11)10-5-3-1-2-4-6(5)12-7/h1-4,7H,9H2,(H,10,11). The molecule has 0 spiro atoms. The second-order valence-corrected chi connectivity index (χ2v) is 3.71. The van der Waals surface area contributed by atoms with Crippen LogP contribution >= 0.6 is 11.8 Å². The number of amides is 1. The molecule has 1 aliphatic rings. The summed E-state index contributed by atoms with van der Waals surface area (Å²) in [4.78, 5) is 12.1. The number of carbonyl (C=O) groups excluding carboxylic acids is 1. The summed E-state index contributed by atoms with van der Waals surface area (Å²) >= 11 is 1.39. The minimum absolute atomic E-state index is 0.126. The fourth-order valence-corrected chi connectivity index (χ4v) is 1.91. The topological polar surface area (TPSA) is 55.1 Å². The van der Waals surface area contributed by atoms with E-state index in [0.29, 0.717) is 0 Å². The van der Waals surface area contributed by atoms with E-state index in [9.17, 15) is 4.79 Å². The number of nitrogens with one attached hydrogen (secondary N) is 1. The van der Waals surface area contributed by atoms with E-state index in [2.05, 4.69) is 5.32 Å². The Hall–Kier alpha value is -1.00. The van der Waals surface area contributed by atoms with Crippen LogP contribution < -0.4 is 11.1 Å². The van der Waals surface area contributed by atoms with E-state index in [1.807, 2.05) is 24.3 Å².